The van der Waals surface area contributed by atoms with E-state index in [0.29, 0.717) is 29.2 Å². The van der Waals surface area contributed by atoms with Crippen molar-refractivity contribution in [3.63, 3.8) is 0 Å². The van der Waals surface area contributed by atoms with E-state index in [0.717, 1.165) is 6.42 Å². The number of halogens is 1. The summed E-state index contributed by atoms with van der Waals surface area (Å²) in [5.74, 6) is -0.520. The number of aliphatic hydroxyl groups is 1. The van der Waals surface area contributed by atoms with Gasteiger partial charge in [0.25, 0.3) is 5.91 Å². The van der Waals surface area contributed by atoms with Crippen molar-refractivity contribution < 1.29 is 9.90 Å². The molecule has 0 aliphatic carbocycles. The SMILES string of the molecule is O=C(NNC(=S)Nc1ccccc1Cl)C1=C(O)NCCC1. The highest BCUT2D eigenvalue weighted by Gasteiger charge is 2.18. The summed E-state index contributed by atoms with van der Waals surface area (Å²) in [4.78, 5) is 11.9. The van der Waals surface area contributed by atoms with Crippen LogP contribution in [0.25, 0.3) is 0 Å². The zero-order valence-corrected chi connectivity index (χ0v) is 12.6. The first kappa shape index (κ1) is 15.4. The summed E-state index contributed by atoms with van der Waals surface area (Å²) in [6, 6.07) is 7.10. The molecule has 1 aromatic rings. The van der Waals surface area contributed by atoms with Gasteiger partial charge in [-0.25, -0.2) is 0 Å². The normalized spacial score (nSPS) is 14.1. The van der Waals surface area contributed by atoms with Crippen LogP contribution in [0, 0.1) is 0 Å². The molecule has 0 saturated carbocycles. The second kappa shape index (κ2) is 7.14. The molecule has 0 spiro atoms. The van der Waals surface area contributed by atoms with Crippen LogP contribution >= 0.6 is 23.8 Å². The van der Waals surface area contributed by atoms with Crippen LogP contribution in [-0.4, -0.2) is 22.7 Å². The van der Waals surface area contributed by atoms with Crippen LogP contribution in [-0.2, 0) is 4.79 Å². The zero-order chi connectivity index (χ0) is 15.2. The predicted octanol–water partition coefficient (Wildman–Crippen LogP) is 1.81. The summed E-state index contributed by atoms with van der Waals surface area (Å²) in [6.07, 6.45) is 1.30. The number of rotatable bonds is 2. The summed E-state index contributed by atoms with van der Waals surface area (Å²) < 4.78 is 0. The fraction of sp³-hybridized carbons (Fsp3) is 0.231. The van der Waals surface area contributed by atoms with Crippen LogP contribution in [0.1, 0.15) is 12.8 Å². The summed E-state index contributed by atoms with van der Waals surface area (Å²) in [5, 5.41) is 15.9. The number of amides is 1. The minimum atomic E-state index is -0.428. The van der Waals surface area contributed by atoms with Crippen LogP contribution in [0.15, 0.2) is 35.7 Å². The van der Waals surface area contributed by atoms with E-state index in [4.69, 9.17) is 23.8 Å². The van der Waals surface area contributed by atoms with Crippen molar-refractivity contribution in [2.45, 2.75) is 12.8 Å². The Labute approximate surface area is 132 Å². The highest BCUT2D eigenvalue weighted by Crippen LogP contribution is 2.20. The van der Waals surface area contributed by atoms with Crippen molar-refractivity contribution in [1.29, 1.82) is 0 Å². The van der Waals surface area contributed by atoms with Gasteiger partial charge in [-0.15, -0.1) is 0 Å². The number of carbonyl (C=O) groups is 1. The average molecular weight is 327 g/mol. The lowest BCUT2D eigenvalue weighted by Gasteiger charge is -2.18. The summed E-state index contributed by atoms with van der Waals surface area (Å²) in [5.41, 5.74) is 5.93. The molecule has 2 rings (SSSR count). The minimum absolute atomic E-state index is 0.0921. The van der Waals surface area contributed by atoms with Crippen LogP contribution in [0.5, 0.6) is 0 Å². The molecule has 8 heteroatoms. The minimum Gasteiger partial charge on any atom is -0.494 e. The molecule has 0 atom stereocenters. The van der Waals surface area contributed by atoms with E-state index in [1.165, 1.54) is 0 Å². The lowest BCUT2D eigenvalue weighted by atomic mass is 10.1. The topological polar surface area (TPSA) is 85.4 Å². The molecule has 5 N–H and O–H groups in total. The summed E-state index contributed by atoms with van der Waals surface area (Å²) >= 11 is 11.0. The molecule has 6 nitrogen and oxygen atoms in total. The Morgan fingerprint density at radius 1 is 1.33 bits per heavy atom. The third-order valence-corrected chi connectivity index (χ3v) is 3.40. The summed E-state index contributed by atoms with van der Waals surface area (Å²) in [7, 11) is 0. The first-order chi connectivity index (χ1) is 10.1. The highest BCUT2D eigenvalue weighted by atomic mass is 35.5. The second-order valence-corrected chi connectivity index (χ2v) is 5.19. The number of hydrogen-bond acceptors (Lipinski definition) is 4. The van der Waals surface area contributed by atoms with Crippen molar-refractivity contribution >= 4 is 40.5 Å². The monoisotopic (exact) mass is 326 g/mol. The molecule has 1 amide bonds. The average Bonchev–Trinajstić information content (AvgIpc) is 2.48. The molecule has 0 saturated heterocycles. The molecule has 0 fully saturated rings. The van der Waals surface area contributed by atoms with E-state index in [1.807, 2.05) is 6.07 Å². The smallest absolute Gasteiger partial charge is 0.270 e. The fourth-order valence-corrected chi connectivity index (χ4v) is 2.17. The van der Waals surface area contributed by atoms with Crippen molar-refractivity contribution in [2.24, 2.45) is 0 Å². The second-order valence-electron chi connectivity index (χ2n) is 4.37. The van der Waals surface area contributed by atoms with Gasteiger partial charge in [0, 0.05) is 6.54 Å². The standard InChI is InChI=1S/C13H15ClN4O2S/c14-9-5-1-2-6-10(9)16-13(21)18-17-12(20)8-4-3-7-15-11(8)19/h1-2,5-6,15,19H,3-4,7H2,(H,17,20)(H2,16,18,21). The van der Waals surface area contributed by atoms with Crippen molar-refractivity contribution in [2.75, 3.05) is 11.9 Å². The number of para-hydroxylation sites is 1. The van der Waals surface area contributed by atoms with Gasteiger partial charge >= 0.3 is 0 Å². The van der Waals surface area contributed by atoms with Crippen molar-refractivity contribution in [3.05, 3.63) is 40.7 Å². The maximum absolute atomic E-state index is 11.9. The molecule has 0 unspecified atom stereocenters. The number of nitrogens with one attached hydrogen (secondary N) is 4. The third-order valence-electron chi connectivity index (χ3n) is 2.87. The Morgan fingerprint density at radius 3 is 2.81 bits per heavy atom. The third kappa shape index (κ3) is 4.24. The van der Waals surface area contributed by atoms with Gasteiger partial charge in [-0.3, -0.25) is 15.6 Å². The molecule has 21 heavy (non-hydrogen) atoms. The molecular weight excluding hydrogens is 312 g/mol. The molecule has 112 valence electrons. The Bertz CT molecular complexity index is 591. The fourth-order valence-electron chi connectivity index (χ4n) is 1.82. The van der Waals surface area contributed by atoms with E-state index in [-0.39, 0.29) is 11.0 Å². The van der Waals surface area contributed by atoms with E-state index in [1.54, 1.807) is 18.2 Å². The molecule has 0 aromatic heterocycles. The lowest BCUT2D eigenvalue weighted by Crippen LogP contribution is -2.45. The van der Waals surface area contributed by atoms with E-state index in [2.05, 4.69) is 21.5 Å². The largest absolute Gasteiger partial charge is 0.494 e. The van der Waals surface area contributed by atoms with Gasteiger partial charge in [-0.05, 0) is 37.2 Å². The number of carbonyl (C=O) groups excluding carboxylic acids is 1. The van der Waals surface area contributed by atoms with Crippen molar-refractivity contribution in [1.82, 2.24) is 16.2 Å². The predicted molar refractivity (Wildman–Crippen MR) is 85.8 cm³/mol. The van der Waals surface area contributed by atoms with Crippen molar-refractivity contribution in [3.8, 4) is 0 Å². The zero-order valence-electron chi connectivity index (χ0n) is 11.1. The van der Waals surface area contributed by atoms with Crippen LogP contribution in [0.2, 0.25) is 5.02 Å². The van der Waals surface area contributed by atoms with E-state index in [9.17, 15) is 9.90 Å². The first-order valence-electron chi connectivity index (χ1n) is 6.36. The number of anilines is 1. The Kier molecular flexibility index (Phi) is 5.24. The maximum atomic E-state index is 11.9. The Morgan fingerprint density at radius 2 is 2.10 bits per heavy atom. The molecule has 1 heterocycles. The number of aliphatic hydroxyl groups excluding tert-OH is 1. The number of hydrogen-bond donors (Lipinski definition) is 5. The van der Waals surface area contributed by atoms with Crippen LogP contribution in [0.3, 0.4) is 0 Å². The van der Waals surface area contributed by atoms with Gasteiger partial charge in [0.1, 0.15) is 0 Å². The van der Waals surface area contributed by atoms with E-state index >= 15 is 0 Å². The quantitative estimate of drug-likeness (QED) is 0.421. The van der Waals surface area contributed by atoms with Gasteiger partial charge in [0.05, 0.1) is 16.3 Å². The van der Waals surface area contributed by atoms with E-state index < -0.39 is 5.91 Å². The molecule has 0 radical (unpaired) electrons. The first-order valence-corrected chi connectivity index (χ1v) is 7.14. The molecular formula is C13H15ClN4O2S. The van der Waals surface area contributed by atoms with Gasteiger partial charge in [0.15, 0.2) is 11.0 Å². The van der Waals surface area contributed by atoms with Crippen LogP contribution < -0.4 is 21.5 Å². The lowest BCUT2D eigenvalue weighted by molar-refractivity contribution is -0.118. The van der Waals surface area contributed by atoms with Gasteiger partial charge < -0.3 is 15.7 Å². The van der Waals surface area contributed by atoms with Crippen LogP contribution in [0.4, 0.5) is 5.69 Å². The molecule has 1 aliphatic heterocycles. The molecule has 1 aliphatic rings. The molecule has 0 bridgehead atoms. The number of hydrazine groups is 1. The number of thiocarbonyl (C=S) groups is 1. The molecule has 1 aromatic carbocycles. The Hall–Kier alpha value is -1.99. The summed E-state index contributed by atoms with van der Waals surface area (Å²) in [6.45, 7) is 0.655. The highest BCUT2D eigenvalue weighted by molar-refractivity contribution is 7.80. The van der Waals surface area contributed by atoms with Gasteiger partial charge in [-0.2, -0.15) is 0 Å². The van der Waals surface area contributed by atoms with Gasteiger partial charge in [0.2, 0.25) is 0 Å². The maximum Gasteiger partial charge on any atom is 0.270 e. The Balaban J connectivity index is 1.87. The van der Waals surface area contributed by atoms with Gasteiger partial charge in [-0.1, -0.05) is 23.7 Å². The number of benzene rings is 1.